The minimum absolute atomic E-state index is 0.431. The average molecular weight is 308 g/mol. The van der Waals surface area contributed by atoms with E-state index < -0.39 is 0 Å². The maximum absolute atomic E-state index is 3.79. The molecule has 0 amide bonds. The fraction of sp³-hybridized carbons (Fsp3) is 0.789. The van der Waals surface area contributed by atoms with E-state index in [0.29, 0.717) is 11.5 Å². The van der Waals surface area contributed by atoms with E-state index in [1.807, 2.05) is 0 Å². The molecule has 1 aliphatic rings. The van der Waals surface area contributed by atoms with Crippen molar-refractivity contribution in [1.29, 1.82) is 0 Å². The third kappa shape index (κ3) is 5.41. The molecule has 0 bridgehead atoms. The van der Waals surface area contributed by atoms with Crippen molar-refractivity contribution in [3.63, 3.8) is 0 Å². The molecule has 0 spiro atoms. The number of hydrogen-bond acceptors (Lipinski definition) is 2. The molecule has 2 heteroatoms. The summed E-state index contributed by atoms with van der Waals surface area (Å²) in [5.74, 6) is 0. The Hall–Kier alpha value is -0.340. The lowest BCUT2D eigenvalue weighted by atomic mass is 9.88. The summed E-state index contributed by atoms with van der Waals surface area (Å²) in [6, 6.07) is 3.10. The highest BCUT2D eigenvalue weighted by molar-refractivity contribution is 7.12. The monoisotopic (exact) mass is 307 g/mol. The molecule has 1 aromatic heterocycles. The second-order valence-electron chi connectivity index (χ2n) is 7.76. The molecule has 0 aromatic carbocycles. The summed E-state index contributed by atoms with van der Waals surface area (Å²) in [5, 5.41) is 3.79. The van der Waals surface area contributed by atoms with Crippen LogP contribution in [0, 0.1) is 5.41 Å². The number of fused-ring (bicyclic) bond motifs is 1. The molecule has 1 aliphatic carbocycles. The topological polar surface area (TPSA) is 12.0 Å². The van der Waals surface area contributed by atoms with Crippen molar-refractivity contribution < 1.29 is 0 Å². The van der Waals surface area contributed by atoms with Crippen LogP contribution in [0.1, 0.15) is 87.6 Å². The summed E-state index contributed by atoms with van der Waals surface area (Å²) in [6.07, 6.45) is 10.6. The van der Waals surface area contributed by atoms with E-state index in [-0.39, 0.29) is 0 Å². The quantitative estimate of drug-likeness (QED) is 0.647. The number of nitrogens with one attached hydrogen (secondary N) is 1. The van der Waals surface area contributed by atoms with E-state index in [2.05, 4.69) is 50.4 Å². The van der Waals surface area contributed by atoms with E-state index in [9.17, 15) is 0 Å². The summed E-state index contributed by atoms with van der Waals surface area (Å²) in [7, 11) is 0. The molecule has 1 unspecified atom stereocenters. The SMILES string of the molecule is CCCNC(CCC(C)(C)C)c1cc2c(s1)CCCCC2. The zero-order valence-corrected chi connectivity index (χ0v) is 15.2. The first kappa shape index (κ1) is 17.0. The van der Waals surface area contributed by atoms with Gasteiger partial charge in [-0.05, 0) is 68.5 Å². The summed E-state index contributed by atoms with van der Waals surface area (Å²) >= 11 is 2.10. The van der Waals surface area contributed by atoms with Gasteiger partial charge in [-0.1, -0.05) is 34.1 Å². The Morgan fingerprint density at radius 2 is 1.95 bits per heavy atom. The second kappa shape index (κ2) is 7.78. The Morgan fingerprint density at radius 3 is 2.67 bits per heavy atom. The summed E-state index contributed by atoms with van der Waals surface area (Å²) in [5.41, 5.74) is 2.09. The van der Waals surface area contributed by atoms with Crippen LogP contribution in [0.5, 0.6) is 0 Å². The van der Waals surface area contributed by atoms with E-state index in [1.165, 1.54) is 51.4 Å². The lowest BCUT2D eigenvalue weighted by molar-refractivity contribution is 0.333. The van der Waals surface area contributed by atoms with Gasteiger partial charge in [0.15, 0.2) is 0 Å². The van der Waals surface area contributed by atoms with Gasteiger partial charge in [-0.3, -0.25) is 0 Å². The van der Waals surface area contributed by atoms with Crippen molar-refractivity contribution in [2.75, 3.05) is 6.54 Å². The van der Waals surface area contributed by atoms with Gasteiger partial charge in [0.25, 0.3) is 0 Å². The molecule has 0 saturated carbocycles. The number of aryl methyl sites for hydroxylation is 2. The van der Waals surface area contributed by atoms with Gasteiger partial charge >= 0.3 is 0 Å². The Morgan fingerprint density at radius 1 is 1.19 bits per heavy atom. The van der Waals surface area contributed by atoms with Gasteiger partial charge in [-0.15, -0.1) is 11.3 Å². The van der Waals surface area contributed by atoms with Crippen molar-refractivity contribution >= 4 is 11.3 Å². The number of hydrogen-bond donors (Lipinski definition) is 1. The predicted octanol–water partition coefficient (Wildman–Crippen LogP) is 5.88. The first-order valence-corrected chi connectivity index (χ1v) is 9.66. The van der Waals surface area contributed by atoms with Crippen LogP contribution in [-0.4, -0.2) is 6.54 Å². The van der Waals surface area contributed by atoms with Gasteiger partial charge in [0, 0.05) is 15.8 Å². The van der Waals surface area contributed by atoms with Gasteiger partial charge in [0.1, 0.15) is 0 Å². The molecule has 1 aromatic rings. The smallest absolute Gasteiger partial charge is 0.0415 e. The molecule has 0 aliphatic heterocycles. The zero-order valence-electron chi connectivity index (χ0n) is 14.4. The lowest BCUT2D eigenvalue weighted by Crippen LogP contribution is -2.23. The maximum atomic E-state index is 3.79. The Labute approximate surface area is 135 Å². The molecule has 1 heterocycles. The van der Waals surface area contributed by atoms with Crippen molar-refractivity contribution in [1.82, 2.24) is 5.32 Å². The number of rotatable bonds is 6. The zero-order chi connectivity index (χ0) is 15.3. The van der Waals surface area contributed by atoms with E-state index in [4.69, 9.17) is 0 Å². The minimum atomic E-state index is 0.431. The average Bonchev–Trinajstić information content (AvgIpc) is 2.69. The van der Waals surface area contributed by atoms with Crippen molar-refractivity contribution in [2.45, 2.75) is 85.1 Å². The molecular formula is C19H33NS. The van der Waals surface area contributed by atoms with Crippen LogP contribution < -0.4 is 5.32 Å². The maximum Gasteiger partial charge on any atom is 0.0415 e. The van der Waals surface area contributed by atoms with Gasteiger partial charge in [-0.25, -0.2) is 0 Å². The molecule has 0 fully saturated rings. The van der Waals surface area contributed by atoms with Crippen LogP contribution >= 0.6 is 11.3 Å². The van der Waals surface area contributed by atoms with Crippen molar-refractivity contribution in [3.8, 4) is 0 Å². The standard InChI is InChI=1S/C19H33NS/c1-5-13-20-16(11-12-19(2,3)4)18-14-15-9-7-6-8-10-17(15)21-18/h14,16,20H,5-13H2,1-4H3. The fourth-order valence-corrected chi connectivity index (χ4v) is 4.47. The van der Waals surface area contributed by atoms with Gasteiger partial charge in [-0.2, -0.15) is 0 Å². The number of thiophene rings is 1. The van der Waals surface area contributed by atoms with Crippen LogP contribution in [0.3, 0.4) is 0 Å². The third-order valence-corrected chi connectivity index (χ3v) is 5.78. The minimum Gasteiger partial charge on any atom is -0.309 e. The molecular weight excluding hydrogens is 274 g/mol. The third-order valence-electron chi connectivity index (χ3n) is 4.43. The highest BCUT2D eigenvalue weighted by Crippen LogP contribution is 2.35. The van der Waals surface area contributed by atoms with Crippen molar-refractivity contribution in [2.24, 2.45) is 5.41 Å². The predicted molar refractivity (Wildman–Crippen MR) is 95.3 cm³/mol. The molecule has 0 radical (unpaired) electrons. The second-order valence-corrected chi connectivity index (χ2v) is 8.93. The van der Waals surface area contributed by atoms with Gasteiger partial charge in [0.2, 0.25) is 0 Å². The van der Waals surface area contributed by atoms with Crippen LogP contribution in [0.15, 0.2) is 6.07 Å². The van der Waals surface area contributed by atoms with Gasteiger partial charge < -0.3 is 5.32 Å². The first-order chi connectivity index (χ1) is 9.99. The highest BCUT2D eigenvalue weighted by atomic mass is 32.1. The Kier molecular flexibility index (Phi) is 6.31. The molecule has 21 heavy (non-hydrogen) atoms. The van der Waals surface area contributed by atoms with E-state index in [0.717, 1.165) is 6.54 Å². The van der Waals surface area contributed by atoms with Gasteiger partial charge in [0.05, 0.1) is 0 Å². The largest absolute Gasteiger partial charge is 0.309 e. The van der Waals surface area contributed by atoms with Crippen LogP contribution in [0.4, 0.5) is 0 Å². The highest BCUT2D eigenvalue weighted by Gasteiger charge is 2.20. The molecule has 2 rings (SSSR count). The van der Waals surface area contributed by atoms with E-state index >= 15 is 0 Å². The summed E-state index contributed by atoms with van der Waals surface area (Å²) in [6.45, 7) is 10.5. The van der Waals surface area contributed by atoms with Crippen LogP contribution in [-0.2, 0) is 12.8 Å². The van der Waals surface area contributed by atoms with E-state index in [1.54, 1.807) is 15.3 Å². The molecule has 120 valence electrons. The molecule has 1 N–H and O–H groups in total. The molecule has 0 saturated heterocycles. The summed E-state index contributed by atoms with van der Waals surface area (Å²) in [4.78, 5) is 3.28. The summed E-state index contributed by atoms with van der Waals surface area (Å²) < 4.78 is 0. The van der Waals surface area contributed by atoms with Crippen molar-refractivity contribution in [3.05, 3.63) is 21.4 Å². The first-order valence-electron chi connectivity index (χ1n) is 8.84. The van der Waals surface area contributed by atoms with Crippen LogP contribution in [0.2, 0.25) is 0 Å². The Balaban J connectivity index is 2.08. The normalized spacial score (nSPS) is 17.3. The lowest BCUT2D eigenvalue weighted by Gasteiger charge is -2.23. The van der Waals surface area contributed by atoms with Crippen LogP contribution in [0.25, 0.3) is 0 Å². The molecule has 1 atom stereocenters. The Bertz CT molecular complexity index is 404. The fourth-order valence-electron chi connectivity index (χ4n) is 3.10. The molecule has 1 nitrogen and oxygen atoms in total.